The second kappa shape index (κ2) is 10.2. The molecule has 0 unspecified atom stereocenters. The summed E-state index contributed by atoms with van der Waals surface area (Å²) >= 11 is 1.59. The summed E-state index contributed by atoms with van der Waals surface area (Å²) in [6, 6.07) is 18.5. The summed E-state index contributed by atoms with van der Waals surface area (Å²) in [7, 11) is 0. The molecule has 6 nitrogen and oxygen atoms in total. The number of carbonyl (C=O) groups is 1. The molecule has 0 bridgehead atoms. The van der Waals surface area contributed by atoms with E-state index in [0.29, 0.717) is 12.3 Å². The predicted octanol–water partition coefficient (Wildman–Crippen LogP) is 6.29. The fourth-order valence-electron chi connectivity index (χ4n) is 3.62. The van der Waals surface area contributed by atoms with Gasteiger partial charge in [0.2, 0.25) is 0 Å². The average molecular weight is 500 g/mol. The van der Waals surface area contributed by atoms with E-state index in [-0.39, 0.29) is 17.8 Å². The van der Waals surface area contributed by atoms with Crippen molar-refractivity contribution < 1.29 is 22.9 Å². The molecule has 0 aliphatic rings. The van der Waals surface area contributed by atoms with E-state index >= 15 is 0 Å². The number of fused-ring (bicyclic) bond motifs is 1. The number of hydrogen-bond donors (Lipinski definition) is 1. The summed E-state index contributed by atoms with van der Waals surface area (Å²) in [6.45, 7) is 0.670. The Morgan fingerprint density at radius 3 is 2.49 bits per heavy atom. The van der Waals surface area contributed by atoms with Crippen LogP contribution in [0.15, 0.2) is 83.9 Å². The van der Waals surface area contributed by atoms with Gasteiger partial charge in [0.05, 0.1) is 10.5 Å². The van der Waals surface area contributed by atoms with E-state index in [1.165, 1.54) is 24.3 Å². The quantitative estimate of drug-likeness (QED) is 0.176. The van der Waals surface area contributed by atoms with Gasteiger partial charge in [0.15, 0.2) is 0 Å². The van der Waals surface area contributed by atoms with Gasteiger partial charge in [-0.1, -0.05) is 36.4 Å². The van der Waals surface area contributed by atoms with Crippen molar-refractivity contribution in [2.45, 2.75) is 23.4 Å². The van der Waals surface area contributed by atoms with Gasteiger partial charge in [-0.15, -0.1) is 11.8 Å². The molecule has 0 atom stereocenters. The number of nitro benzene ring substituents is 1. The first-order valence-corrected chi connectivity index (χ1v) is 11.6. The molecule has 0 radical (unpaired) electrons. The predicted molar refractivity (Wildman–Crippen MR) is 128 cm³/mol. The summed E-state index contributed by atoms with van der Waals surface area (Å²) < 4.78 is 40.7. The maximum absolute atomic E-state index is 12.9. The number of benzene rings is 3. The number of alkyl halides is 3. The first-order chi connectivity index (χ1) is 16.7. The molecule has 0 saturated carbocycles. The Morgan fingerprint density at radius 1 is 1.03 bits per heavy atom. The van der Waals surface area contributed by atoms with Crippen LogP contribution in [0, 0.1) is 10.1 Å². The monoisotopic (exact) mass is 499 g/mol. The van der Waals surface area contributed by atoms with E-state index in [9.17, 15) is 28.1 Å². The fraction of sp³-hybridized carbons (Fsp3) is 0.160. The minimum absolute atomic E-state index is 0.0440. The number of carbonyl (C=O) groups excluding carboxylic acids is 1. The molecule has 0 aliphatic heterocycles. The maximum atomic E-state index is 12.9. The number of halogens is 3. The molecular weight excluding hydrogens is 479 g/mol. The fourth-order valence-corrected chi connectivity index (χ4v) is 4.66. The van der Waals surface area contributed by atoms with Crippen molar-refractivity contribution in [2.24, 2.45) is 0 Å². The number of nitrogens with one attached hydrogen (secondary N) is 1. The van der Waals surface area contributed by atoms with Gasteiger partial charge in [-0.25, -0.2) is 0 Å². The number of non-ortho nitro benzene ring substituents is 1. The van der Waals surface area contributed by atoms with Crippen LogP contribution < -0.4 is 5.32 Å². The molecule has 1 aromatic heterocycles. The summed E-state index contributed by atoms with van der Waals surface area (Å²) in [5, 5.41) is 14.5. The zero-order chi connectivity index (χ0) is 25.0. The van der Waals surface area contributed by atoms with Gasteiger partial charge in [-0.3, -0.25) is 14.9 Å². The third-order valence-electron chi connectivity index (χ3n) is 5.38. The number of nitro groups is 1. The van der Waals surface area contributed by atoms with Gasteiger partial charge >= 0.3 is 6.18 Å². The standard InChI is InChI=1S/C25H20F3N3O3S/c26-25(27,28)19-5-3-4-18(14-19)24(32)29-12-13-30-15-23(21-6-1-2-7-22(21)30)35-16-17-8-10-20(11-9-17)31(33)34/h1-11,14-15H,12-13,16H2,(H,29,32). The minimum Gasteiger partial charge on any atom is -0.350 e. The van der Waals surface area contributed by atoms with Gasteiger partial charge in [0.1, 0.15) is 0 Å². The molecule has 0 saturated heterocycles. The van der Waals surface area contributed by atoms with E-state index in [1.807, 2.05) is 35.0 Å². The van der Waals surface area contributed by atoms with Crippen LogP contribution in [0.4, 0.5) is 18.9 Å². The topological polar surface area (TPSA) is 77.2 Å². The minimum atomic E-state index is -4.51. The lowest BCUT2D eigenvalue weighted by molar-refractivity contribution is -0.384. The summed E-state index contributed by atoms with van der Waals surface area (Å²) in [6.07, 6.45) is -2.54. The van der Waals surface area contributed by atoms with Crippen molar-refractivity contribution in [3.63, 3.8) is 0 Å². The van der Waals surface area contributed by atoms with Crippen molar-refractivity contribution in [3.05, 3.63) is 106 Å². The Morgan fingerprint density at radius 2 is 1.77 bits per heavy atom. The first kappa shape index (κ1) is 24.3. The Balaban J connectivity index is 1.42. The largest absolute Gasteiger partial charge is 0.416 e. The zero-order valence-electron chi connectivity index (χ0n) is 18.3. The number of hydrogen-bond acceptors (Lipinski definition) is 4. The number of thioether (sulfide) groups is 1. The summed E-state index contributed by atoms with van der Waals surface area (Å²) in [4.78, 5) is 23.8. The van der Waals surface area contributed by atoms with E-state index in [0.717, 1.165) is 33.5 Å². The normalized spacial score (nSPS) is 11.5. The Labute approximate surface area is 202 Å². The van der Waals surface area contributed by atoms with E-state index in [1.54, 1.807) is 23.9 Å². The smallest absolute Gasteiger partial charge is 0.350 e. The SMILES string of the molecule is O=C(NCCn1cc(SCc2ccc([N+](=O)[O-])cc2)c2ccccc21)c1cccc(C(F)(F)F)c1. The number of nitrogens with zero attached hydrogens (tertiary/aromatic N) is 2. The highest BCUT2D eigenvalue weighted by atomic mass is 32.2. The highest BCUT2D eigenvalue weighted by Gasteiger charge is 2.30. The van der Waals surface area contributed by atoms with Gasteiger partial charge in [0, 0.05) is 58.5 Å². The first-order valence-electron chi connectivity index (χ1n) is 10.6. The van der Waals surface area contributed by atoms with Crippen molar-refractivity contribution in [3.8, 4) is 0 Å². The molecule has 10 heteroatoms. The van der Waals surface area contributed by atoms with Crippen molar-refractivity contribution in [1.29, 1.82) is 0 Å². The number of amides is 1. The van der Waals surface area contributed by atoms with Crippen LogP contribution >= 0.6 is 11.8 Å². The average Bonchev–Trinajstić information content (AvgIpc) is 3.20. The summed E-state index contributed by atoms with van der Waals surface area (Å²) in [5.74, 6) is 0.0542. The molecule has 4 aromatic rings. The Bertz CT molecular complexity index is 1370. The van der Waals surface area contributed by atoms with Crippen LogP contribution in [0.5, 0.6) is 0 Å². The van der Waals surface area contributed by atoms with Gasteiger partial charge in [0.25, 0.3) is 11.6 Å². The molecule has 0 fully saturated rings. The number of aromatic nitrogens is 1. The molecule has 0 aliphatic carbocycles. The third kappa shape index (κ3) is 5.83. The van der Waals surface area contributed by atoms with E-state index in [4.69, 9.17) is 0 Å². The van der Waals surface area contributed by atoms with Gasteiger partial charge in [-0.05, 0) is 29.8 Å². The van der Waals surface area contributed by atoms with E-state index in [2.05, 4.69) is 5.32 Å². The van der Waals surface area contributed by atoms with Crippen LogP contribution in [0.2, 0.25) is 0 Å². The molecule has 1 amide bonds. The van der Waals surface area contributed by atoms with Crippen molar-refractivity contribution in [1.82, 2.24) is 9.88 Å². The third-order valence-corrected chi connectivity index (χ3v) is 6.50. The molecule has 3 aromatic carbocycles. The number of rotatable bonds is 8. The molecule has 1 N–H and O–H groups in total. The number of para-hydroxylation sites is 1. The van der Waals surface area contributed by atoms with Crippen LogP contribution in [-0.4, -0.2) is 21.9 Å². The van der Waals surface area contributed by atoms with Gasteiger partial charge in [-0.2, -0.15) is 13.2 Å². The Kier molecular flexibility index (Phi) is 7.11. The molecule has 35 heavy (non-hydrogen) atoms. The second-order valence-electron chi connectivity index (χ2n) is 7.75. The molecular formula is C25H20F3N3O3S. The lowest BCUT2D eigenvalue weighted by atomic mass is 10.1. The van der Waals surface area contributed by atoms with Crippen LogP contribution in [0.25, 0.3) is 10.9 Å². The van der Waals surface area contributed by atoms with E-state index < -0.39 is 22.6 Å². The Hall–Kier alpha value is -3.79. The molecule has 180 valence electrons. The lowest BCUT2D eigenvalue weighted by Crippen LogP contribution is -2.27. The second-order valence-corrected chi connectivity index (χ2v) is 8.77. The van der Waals surface area contributed by atoms with Gasteiger partial charge < -0.3 is 9.88 Å². The molecule has 4 rings (SSSR count). The van der Waals surface area contributed by atoms with Crippen molar-refractivity contribution >= 4 is 34.3 Å². The summed E-state index contributed by atoms with van der Waals surface area (Å²) in [5.41, 5.74) is 1.05. The van der Waals surface area contributed by atoms with Crippen LogP contribution in [0.1, 0.15) is 21.5 Å². The highest BCUT2D eigenvalue weighted by Crippen LogP contribution is 2.32. The van der Waals surface area contributed by atoms with Crippen LogP contribution in [-0.2, 0) is 18.5 Å². The molecule has 0 spiro atoms. The van der Waals surface area contributed by atoms with Crippen LogP contribution in [0.3, 0.4) is 0 Å². The molecule has 1 heterocycles. The lowest BCUT2D eigenvalue weighted by Gasteiger charge is -2.10. The zero-order valence-corrected chi connectivity index (χ0v) is 19.1. The maximum Gasteiger partial charge on any atom is 0.416 e. The highest BCUT2D eigenvalue weighted by molar-refractivity contribution is 7.98. The van der Waals surface area contributed by atoms with Crippen molar-refractivity contribution in [2.75, 3.05) is 6.54 Å².